The summed E-state index contributed by atoms with van der Waals surface area (Å²) in [5.74, 6) is 0.0492. The van der Waals surface area contributed by atoms with Crippen molar-refractivity contribution >= 4 is 17.5 Å². The van der Waals surface area contributed by atoms with Crippen LogP contribution in [0, 0.1) is 6.92 Å². The van der Waals surface area contributed by atoms with E-state index in [-0.39, 0.29) is 11.8 Å². The molecule has 0 aliphatic rings. The Bertz CT molecular complexity index is 621. The summed E-state index contributed by atoms with van der Waals surface area (Å²) in [5.41, 5.74) is 3.24. The topological polar surface area (TPSA) is 70.7 Å². The number of aromatic nitrogens is 3. The van der Waals surface area contributed by atoms with E-state index < -0.39 is 0 Å². The van der Waals surface area contributed by atoms with Crippen LogP contribution in [0.15, 0.2) is 18.3 Å². The molecule has 0 atom stereocenters. The van der Waals surface area contributed by atoms with Crippen LogP contribution in [0.4, 0.5) is 0 Å². The number of carbonyl (C=O) groups excluding carboxylic acids is 1. The Morgan fingerprint density at radius 1 is 1.45 bits per heavy atom. The number of nitrogens with zero attached hydrogens (tertiary/aromatic N) is 2. The van der Waals surface area contributed by atoms with Crippen LogP contribution in [-0.4, -0.2) is 21.1 Å². The molecule has 5 nitrogen and oxygen atoms in total. The third-order valence-corrected chi connectivity index (χ3v) is 3.23. The zero-order valence-electron chi connectivity index (χ0n) is 11.7. The minimum Gasteiger partial charge on any atom is -0.348 e. The molecule has 2 N–H and O–H groups in total. The predicted molar refractivity (Wildman–Crippen MR) is 77.8 cm³/mol. The lowest BCUT2D eigenvalue weighted by atomic mass is 10.1. The Hall–Kier alpha value is -1.88. The maximum atomic E-state index is 12.2. The summed E-state index contributed by atoms with van der Waals surface area (Å²) < 4.78 is 0. The zero-order chi connectivity index (χ0) is 14.7. The number of H-pyrrole nitrogens is 1. The number of halogens is 1. The zero-order valence-corrected chi connectivity index (χ0v) is 12.5. The molecular formula is C14H17ClN4O. The van der Waals surface area contributed by atoms with Crippen LogP contribution in [0.3, 0.4) is 0 Å². The first-order valence-electron chi connectivity index (χ1n) is 6.42. The number of nitrogens with one attached hydrogen (secondary N) is 2. The second-order valence-corrected chi connectivity index (χ2v) is 5.35. The minimum atomic E-state index is -0.170. The van der Waals surface area contributed by atoms with Gasteiger partial charge in [0.1, 0.15) is 5.15 Å². The lowest BCUT2D eigenvalue weighted by molar-refractivity contribution is 0.0950. The lowest BCUT2D eigenvalue weighted by Gasteiger charge is -2.09. The van der Waals surface area contributed by atoms with Crippen LogP contribution in [0.5, 0.6) is 0 Å². The molecule has 6 heteroatoms. The number of aryl methyl sites for hydroxylation is 1. The van der Waals surface area contributed by atoms with Crippen LogP contribution >= 0.6 is 11.6 Å². The second-order valence-electron chi connectivity index (χ2n) is 4.96. The molecule has 0 saturated carbocycles. The van der Waals surface area contributed by atoms with Crippen LogP contribution in [0.2, 0.25) is 5.15 Å². The number of hydrogen-bond acceptors (Lipinski definition) is 3. The number of hydrogen-bond donors (Lipinski definition) is 2. The maximum Gasteiger partial charge on any atom is 0.251 e. The largest absolute Gasteiger partial charge is 0.348 e. The Balaban J connectivity index is 2.11. The first-order chi connectivity index (χ1) is 9.47. The van der Waals surface area contributed by atoms with Crippen LogP contribution in [0.25, 0.3) is 0 Å². The molecule has 106 valence electrons. The first kappa shape index (κ1) is 14.5. The average molecular weight is 293 g/mol. The summed E-state index contributed by atoms with van der Waals surface area (Å²) in [5, 5.41) is 9.93. The van der Waals surface area contributed by atoms with Gasteiger partial charge >= 0.3 is 0 Å². The van der Waals surface area contributed by atoms with Gasteiger partial charge in [-0.3, -0.25) is 9.89 Å². The highest BCUT2D eigenvalue weighted by Crippen LogP contribution is 2.17. The standard InChI is InChI=1S/C14H17ClN4O/c1-8(2)12-4-10(5-13(15)18-12)14(20)16-6-11-7-17-19-9(11)3/h4-5,7-8H,6H2,1-3H3,(H,16,20)(H,17,19). The second kappa shape index (κ2) is 6.05. The minimum absolute atomic E-state index is 0.170. The summed E-state index contributed by atoms with van der Waals surface area (Å²) in [6, 6.07) is 3.35. The van der Waals surface area contributed by atoms with Gasteiger partial charge in [0.15, 0.2) is 0 Å². The van der Waals surface area contributed by atoms with E-state index in [1.165, 1.54) is 0 Å². The average Bonchev–Trinajstić information content (AvgIpc) is 2.80. The summed E-state index contributed by atoms with van der Waals surface area (Å²) in [6.45, 7) is 6.36. The SMILES string of the molecule is Cc1[nH]ncc1CNC(=O)c1cc(Cl)nc(C(C)C)c1. The lowest BCUT2D eigenvalue weighted by Crippen LogP contribution is -2.23. The highest BCUT2D eigenvalue weighted by Gasteiger charge is 2.11. The maximum absolute atomic E-state index is 12.2. The van der Waals surface area contributed by atoms with Gasteiger partial charge in [0, 0.05) is 29.1 Å². The summed E-state index contributed by atoms with van der Waals surface area (Å²) in [4.78, 5) is 16.4. The molecule has 0 fully saturated rings. The summed E-state index contributed by atoms with van der Waals surface area (Å²) in [7, 11) is 0. The fourth-order valence-corrected chi connectivity index (χ4v) is 1.99. The van der Waals surface area contributed by atoms with Gasteiger partial charge in [0.2, 0.25) is 0 Å². The molecule has 0 aliphatic carbocycles. The van der Waals surface area contributed by atoms with Crippen molar-refractivity contribution in [3.8, 4) is 0 Å². The number of pyridine rings is 1. The Kier molecular flexibility index (Phi) is 4.39. The van der Waals surface area contributed by atoms with Crippen molar-refractivity contribution in [3.63, 3.8) is 0 Å². The molecule has 1 amide bonds. The third kappa shape index (κ3) is 3.36. The van der Waals surface area contributed by atoms with Crippen molar-refractivity contribution in [2.24, 2.45) is 0 Å². The number of rotatable bonds is 4. The number of amides is 1. The van der Waals surface area contributed by atoms with E-state index in [2.05, 4.69) is 20.5 Å². The Labute approximate surface area is 122 Å². The van der Waals surface area contributed by atoms with Gasteiger partial charge < -0.3 is 5.32 Å². The molecule has 0 radical (unpaired) electrons. The highest BCUT2D eigenvalue weighted by atomic mass is 35.5. The van der Waals surface area contributed by atoms with E-state index >= 15 is 0 Å². The van der Waals surface area contributed by atoms with Crippen LogP contribution < -0.4 is 5.32 Å². The van der Waals surface area contributed by atoms with E-state index in [0.717, 1.165) is 17.0 Å². The van der Waals surface area contributed by atoms with Crippen molar-refractivity contribution in [3.05, 3.63) is 46.0 Å². The quantitative estimate of drug-likeness (QED) is 0.851. The van der Waals surface area contributed by atoms with E-state index in [4.69, 9.17) is 11.6 Å². The van der Waals surface area contributed by atoms with Crippen molar-refractivity contribution in [2.75, 3.05) is 0 Å². The molecule has 20 heavy (non-hydrogen) atoms. The third-order valence-electron chi connectivity index (χ3n) is 3.04. The smallest absolute Gasteiger partial charge is 0.251 e. The van der Waals surface area contributed by atoms with Gasteiger partial charge in [-0.1, -0.05) is 25.4 Å². The van der Waals surface area contributed by atoms with Crippen molar-refractivity contribution in [1.29, 1.82) is 0 Å². The number of aromatic amines is 1. The fraction of sp³-hybridized carbons (Fsp3) is 0.357. The molecule has 0 spiro atoms. The van der Waals surface area contributed by atoms with Gasteiger partial charge in [-0.15, -0.1) is 0 Å². The van der Waals surface area contributed by atoms with Crippen LogP contribution in [0.1, 0.15) is 47.1 Å². The Morgan fingerprint density at radius 2 is 2.20 bits per heavy atom. The highest BCUT2D eigenvalue weighted by molar-refractivity contribution is 6.29. The number of carbonyl (C=O) groups is 1. The summed E-state index contributed by atoms with van der Waals surface area (Å²) >= 11 is 5.96. The summed E-state index contributed by atoms with van der Waals surface area (Å²) in [6.07, 6.45) is 1.70. The monoisotopic (exact) mass is 292 g/mol. The molecule has 0 aromatic carbocycles. The normalized spacial score (nSPS) is 10.8. The van der Waals surface area contributed by atoms with Gasteiger partial charge in [0.25, 0.3) is 5.91 Å². The predicted octanol–water partition coefficient (Wildman–Crippen LogP) is 2.82. The molecule has 0 aliphatic heterocycles. The van der Waals surface area contributed by atoms with Gasteiger partial charge in [-0.05, 0) is 25.0 Å². The molecule has 2 aromatic heterocycles. The molecule has 2 aromatic rings. The molecular weight excluding hydrogens is 276 g/mol. The molecule has 0 unspecified atom stereocenters. The van der Waals surface area contributed by atoms with E-state index in [0.29, 0.717) is 17.3 Å². The van der Waals surface area contributed by atoms with Gasteiger partial charge in [-0.2, -0.15) is 5.10 Å². The molecule has 0 saturated heterocycles. The fourth-order valence-electron chi connectivity index (χ4n) is 1.78. The molecule has 0 bridgehead atoms. The van der Waals surface area contributed by atoms with Gasteiger partial charge in [0.05, 0.1) is 6.20 Å². The first-order valence-corrected chi connectivity index (χ1v) is 6.79. The molecule has 2 rings (SSSR count). The van der Waals surface area contributed by atoms with Gasteiger partial charge in [-0.25, -0.2) is 4.98 Å². The van der Waals surface area contributed by atoms with Crippen molar-refractivity contribution < 1.29 is 4.79 Å². The molecule has 2 heterocycles. The van der Waals surface area contributed by atoms with Crippen LogP contribution in [-0.2, 0) is 6.54 Å². The van der Waals surface area contributed by atoms with Crippen molar-refractivity contribution in [1.82, 2.24) is 20.5 Å². The van der Waals surface area contributed by atoms with Crippen molar-refractivity contribution in [2.45, 2.75) is 33.2 Å². The van der Waals surface area contributed by atoms with E-state index in [1.807, 2.05) is 20.8 Å². The van der Waals surface area contributed by atoms with E-state index in [1.54, 1.807) is 18.3 Å². The Morgan fingerprint density at radius 3 is 2.80 bits per heavy atom. The van der Waals surface area contributed by atoms with E-state index in [9.17, 15) is 4.79 Å².